The van der Waals surface area contributed by atoms with Crippen molar-refractivity contribution in [1.29, 1.82) is 0 Å². The van der Waals surface area contributed by atoms with Crippen LogP contribution in [0.5, 0.6) is 0 Å². The number of oxime groups is 1. The van der Waals surface area contributed by atoms with Crippen molar-refractivity contribution in [2.75, 3.05) is 6.61 Å². The van der Waals surface area contributed by atoms with Gasteiger partial charge < -0.3 is 9.94 Å². The van der Waals surface area contributed by atoms with Crippen molar-refractivity contribution in [1.82, 2.24) is 9.78 Å². The van der Waals surface area contributed by atoms with Crippen molar-refractivity contribution in [2.45, 2.75) is 64.0 Å². The summed E-state index contributed by atoms with van der Waals surface area (Å²) in [4.78, 5) is 5.44. The highest BCUT2D eigenvalue weighted by molar-refractivity contribution is 6.04. The molecule has 0 spiro atoms. The Morgan fingerprint density at radius 3 is 2.79 bits per heavy atom. The van der Waals surface area contributed by atoms with E-state index in [2.05, 4.69) is 35.0 Å². The largest absolute Gasteiger partial charge is 0.392 e. The molecule has 1 N–H and O–H groups in total. The summed E-state index contributed by atoms with van der Waals surface area (Å²) in [6, 6.07) is 6.99. The average Bonchev–Trinajstić information content (AvgIpc) is 3.32. The molecule has 24 heavy (non-hydrogen) atoms. The Balaban J connectivity index is 1.75. The lowest BCUT2D eigenvalue weighted by molar-refractivity contribution is -0.0428. The first-order valence-electron chi connectivity index (χ1n) is 9.01. The van der Waals surface area contributed by atoms with Gasteiger partial charge >= 0.3 is 0 Å². The van der Waals surface area contributed by atoms with Crippen LogP contribution in [0.15, 0.2) is 23.4 Å². The minimum Gasteiger partial charge on any atom is -0.392 e. The van der Waals surface area contributed by atoms with E-state index in [-0.39, 0.29) is 6.61 Å². The van der Waals surface area contributed by atoms with Crippen LogP contribution in [0.1, 0.15) is 63.3 Å². The summed E-state index contributed by atoms with van der Waals surface area (Å²) in [5.41, 5.74) is 3.77. The van der Waals surface area contributed by atoms with E-state index < -0.39 is 5.60 Å². The number of hydrogen-bond acceptors (Lipinski definition) is 4. The summed E-state index contributed by atoms with van der Waals surface area (Å²) in [6.45, 7) is 4.03. The summed E-state index contributed by atoms with van der Waals surface area (Å²) >= 11 is 0. The molecule has 2 aromatic rings. The number of hydrogen-bond donors (Lipinski definition) is 1. The summed E-state index contributed by atoms with van der Waals surface area (Å²) < 4.78 is 2.24. The lowest BCUT2D eigenvalue weighted by atomic mass is 9.96. The van der Waals surface area contributed by atoms with Gasteiger partial charge in [0.1, 0.15) is 0 Å². The lowest BCUT2D eigenvalue weighted by Gasteiger charge is -2.17. The molecule has 5 nitrogen and oxygen atoms in total. The smallest absolute Gasteiger partial charge is 0.163 e. The third-order valence-electron chi connectivity index (χ3n) is 5.37. The van der Waals surface area contributed by atoms with Crippen molar-refractivity contribution in [3.05, 3.63) is 29.5 Å². The third-order valence-corrected chi connectivity index (χ3v) is 5.37. The van der Waals surface area contributed by atoms with Gasteiger partial charge in [0.15, 0.2) is 5.60 Å². The maximum atomic E-state index is 9.47. The summed E-state index contributed by atoms with van der Waals surface area (Å²) in [7, 11) is 0. The Hall–Kier alpha value is -1.88. The summed E-state index contributed by atoms with van der Waals surface area (Å²) in [6.07, 6.45) is 6.61. The Labute approximate surface area is 142 Å². The van der Waals surface area contributed by atoms with E-state index in [0.717, 1.165) is 17.7 Å². The zero-order valence-electron chi connectivity index (χ0n) is 14.5. The molecular weight excluding hydrogens is 302 g/mol. The third kappa shape index (κ3) is 2.51. The van der Waals surface area contributed by atoms with Gasteiger partial charge in [-0.25, -0.2) is 0 Å². The predicted octanol–water partition coefficient (Wildman–Crippen LogP) is 3.59. The van der Waals surface area contributed by atoms with E-state index >= 15 is 0 Å². The highest BCUT2D eigenvalue weighted by Gasteiger charge is 2.34. The van der Waals surface area contributed by atoms with Crippen LogP contribution in [0.2, 0.25) is 0 Å². The van der Waals surface area contributed by atoms with Crippen LogP contribution in [0, 0.1) is 0 Å². The molecule has 4 rings (SSSR count). The van der Waals surface area contributed by atoms with Gasteiger partial charge in [0.25, 0.3) is 0 Å². The Morgan fingerprint density at radius 2 is 2.12 bits per heavy atom. The van der Waals surface area contributed by atoms with Gasteiger partial charge in [-0.1, -0.05) is 37.1 Å². The molecule has 0 amide bonds. The van der Waals surface area contributed by atoms with Crippen LogP contribution in [0.25, 0.3) is 10.9 Å². The van der Waals surface area contributed by atoms with Gasteiger partial charge in [-0.3, -0.25) is 4.68 Å². The molecule has 1 aromatic heterocycles. The Morgan fingerprint density at radius 1 is 1.33 bits per heavy atom. The molecule has 2 aliphatic rings. The molecular formula is C19H25N3O2. The van der Waals surface area contributed by atoms with Crippen LogP contribution in [0.4, 0.5) is 0 Å². The molecule has 128 valence electrons. The average molecular weight is 327 g/mol. The quantitative estimate of drug-likeness (QED) is 0.933. The molecule has 1 aromatic carbocycles. The van der Waals surface area contributed by atoms with E-state index in [1.54, 1.807) is 0 Å². The van der Waals surface area contributed by atoms with E-state index in [0.29, 0.717) is 12.5 Å². The van der Waals surface area contributed by atoms with Gasteiger partial charge in [-0.15, -0.1) is 0 Å². The number of aromatic nitrogens is 2. The molecule has 1 fully saturated rings. The highest BCUT2D eigenvalue weighted by Crippen LogP contribution is 2.34. The number of aryl methyl sites for hydroxylation is 1. The first kappa shape index (κ1) is 15.6. The van der Waals surface area contributed by atoms with E-state index in [4.69, 9.17) is 9.94 Å². The van der Waals surface area contributed by atoms with Crippen LogP contribution < -0.4 is 0 Å². The van der Waals surface area contributed by atoms with Crippen molar-refractivity contribution >= 4 is 16.6 Å². The maximum Gasteiger partial charge on any atom is 0.163 e. The number of benzene rings is 1. The molecule has 1 aliphatic heterocycles. The molecule has 2 heterocycles. The maximum absolute atomic E-state index is 9.47. The topological polar surface area (TPSA) is 59.6 Å². The molecule has 0 saturated heterocycles. The number of aliphatic hydroxyl groups is 1. The normalized spacial score (nSPS) is 24.5. The van der Waals surface area contributed by atoms with Gasteiger partial charge in [0.05, 0.1) is 29.6 Å². The van der Waals surface area contributed by atoms with Crippen molar-refractivity contribution in [3.8, 4) is 0 Å². The second-order valence-electron chi connectivity index (χ2n) is 7.33. The fraction of sp³-hybridized carbons (Fsp3) is 0.579. The number of rotatable bonds is 4. The van der Waals surface area contributed by atoms with E-state index in [1.165, 1.54) is 42.3 Å². The molecule has 1 atom stereocenters. The zero-order chi connectivity index (χ0) is 16.7. The van der Waals surface area contributed by atoms with E-state index in [1.807, 2.05) is 6.92 Å². The van der Waals surface area contributed by atoms with Crippen LogP contribution in [0.3, 0.4) is 0 Å². The van der Waals surface area contributed by atoms with Crippen molar-refractivity contribution < 1.29 is 9.94 Å². The lowest BCUT2D eigenvalue weighted by Crippen LogP contribution is -2.29. The van der Waals surface area contributed by atoms with Gasteiger partial charge in [0, 0.05) is 17.4 Å². The molecule has 5 heteroatoms. The molecule has 0 bridgehead atoms. The van der Waals surface area contributed by atoms with Crippen molar-refractivity contribution in [3.63, 3.8) is 0 Å². The van der Waals surface area contributed by atoms with Gasteiger partial charge in [-0.2, -0.15) is 5.10 Å². The summed E-state index contributed by atoms with van der Waals surface area (Å²) in [5.74, 6) is 0. The number of fused-ring (bicyclic) bond motifs is 1. The SMILES string of the molecule is CCc1nn(C2CCCC2)c2cc(C3=NOC(C)(CO)C3)ccc12. The van der Waals surface area contributed by atoms with E-state index in [9.17, 15) is 5.11 Å². The fourth-order valence-electron chi connectivity index (χ4n) is 3.89. The standard InChI is InChI=1S/C19H25N3O2/c1-3-16-15-9-8-13(17-11-19(2,12-23)24-21-17)10-18(15)22(20-16)14-6-4-5-7-14/h8-10,14,23H,3-7,11-12H2,1-2H3. The molecule has 1 aliphatic carbocycles. The van der Waals surface area contributed by atoms with Crippen LogP contribution in [-0.4, -0.2) is 32.8 Å². The molecule has 1 saturated carbocycles. The Kier molecular flexibility index (Phi) is 3.83. The van der Waals surface area contributed by atoms with Crippen LogP contribution in [-0.2, 0) is 11.3 Å². The van der Waals surface area contributed by atoms with Gasteiger partial charge in [-0.05, 0) is 32.3 Å². The monoisotopic (exact) mass is 327 g/mol. The minimum absolute atomic E-state index is 0.0256. The van der Waals surface area contributed by atoms with Gasteiger partial charge in [0.2, 0.25) is 0 Å². The predicted molar refractivity (Wildman–Crippen MR) is 94.3 cm³/mol. The first-order chi connectivity index (χ1) is 11.6. The second kappa shape index (κ2) is 5.88. The zero-order valence-corrected chi connectivity index (χ0v) is 14.5. The highest BCUT2D eigenvalue weighted by atomic mass is 16.7. The molecule has 1 unspecified atom stereocenters. The minimum atomic E-state index is -0.593. The van der Waals surface area contributed by atoms with Crippen LogP contribution >= 0.6 is 0 Å². The van der Waals surface area contributed by atoms with Crippen molar-refractivity contribution in [2.24, 2.45) is 5.16 Å². The first-order valence-corrected chi connectivity index (χ1v) is 9.01. The Bertz CT molecular complexity index is 789. The number of nitrogens with zero attached hydrogens (tertiary/aromatic N) is 3. The second-order valence-corrected chi connectivity index (χ2v) is 7.33. The summed E-state index contributed by atoms with van der Waals surface area (Å²) in [5, 5.41) is 19.8. The molecule has 0 radical (unpaired) electrons. The number of aliphatic hydroxyl groups excluding tert-OH is 1. The fourth-order valence-corrected chi connectivity index (χ4v) is 3.89.